The van der Waals surface area contributed by atoms with Crippen molar-refractivity contribution in [2.45, 2.75) is 26.8 Å². The van der Waals surface area contributed by atoms with E-state index >= 15 is 0 Å². The van der Waals surface area contributed by atoms with Crippen molar-refractivity contribution >= 4 is 23.2 Å². The van der Waals surface area contributed by atoms with Crippen molar-refractivity contribution in [1.29, 1.82) is 0 Å². The Morgan fingerprint density at radius 2 is 1.80 bits per heavy atom. The summed E-state index contributed by atoms with van der Waals surface area (Å²) < 4.78 is 0. The number of rotatable bonds is 5. The van der Waals surface area contributed by atoms with Gasteiger partial charge in [-0.1, -0.05) is 54.4 Å². The number of hydrogen-bond acceptors (Lipinski definition) is 1. The third-order valence-corrected chi connectivity index (χ3v) is 3.99. The van der Waals surface area contributed by atoms with E-state index in [9.17, 15) is 0 Å². The highest BCUT2D eigenvalue weighted by Crippen LogP contribution is 2.31. The minimum absolute atomic E-state index is 0.765. The molecular weight excluding hydrogens is 289 g/mol. The molecule has 0 saturated heterocycles. The highest BCUT2D eigenvalue weighted by Gasteiger charge is 2.06. The fourth-order valence-electron chi connectivity index (χ4n) is 2.07. The van der Waals surface area contributed by atoms with Gasteiger partial charge in [0.2, 0.25) is 0 Å². The molecule has 1 N–H and O–H groups in total. The first-order valence-electron chi connectivity index (χ1n) is 6.87. The summed E-state index contributed by atoms with van der Waals surface area (Å²) in [5.41, 5.74) is 4.35. The maximum Gasteiger partial charge on any atom is 0.0487 e. The summed E-state index contributed by atoms with van der Waals surface area (Å²) in [5.74, 6) is 0. The molecule has 0 bridgehead atoms. The standard InChI is InChI=1S/C17H19Cl2N/c1-3-8-20-11-13-5-7-15(17(19)9-13)14-6-4-12(2)16(18)10-14/h4-7,9-10,20H,3,8,11H2,1-2H3. The van der Waals surface area contributed by atoms with Crippen LogP contribution < -0.4 is 5.32 Å². The van der Waals surface area contributed by atoms with Gasteiger partial charge in [-0.15, -0.1) is 0 Å². The second kappa shape index (κ2) is 7.12. The van der Waals surface area contributed by atoms with E-state index in [1.165, 1.54) is 5.56 Å². The molecule has 0 saturated carbocycles. The van der Waals surface area contributed by atoms with Gasteiger partial charge in [-0.3, -0.25) is 0 Å². The summed E-state index contributed by atoms with van der Waals surface area (Å²) in [4.78, 5) is 0. The first-order chi connectivity index (χ1) is 9.61. The zero-order valence-electron chi connectivity index (χ0n) is 11.8. The van der Waals surface area contributed by atoms with Crippen LogP contribution in [-0.2, 0) is 6.54 Å². The third kappa shape index (κ3) is 3.76. The molecule has 2 aromatic carbocycles. The number of aryl methyl sites for hydroxylation is 1. The van der Waals surface area contributed by atoms with Crippen LogP contribution in [-0.4, -0.2) is 6.54 Å². The van der Waals surface area contributed by atoms with Crippen molar-refractivity contribution in [1.82, 2.24) is 5.32 Å². The highest BCUT2D eigenvalue weighted by atomic mass is 35.5. The van der Waals surface area contributed by atoms with Crippen LogP contribution >= 0.6 is 23.2 Å². The SMILES string of the molecule is CCCNCc1ccc(-c2ccc(C)c(Cl)c2)c(Cl)c1. The molecule has 0 radical (unpaired) electrons. The summed E-state index contributed by atoms with van der Waals surface area (Å²) in [7, 11) is 0. The molecule has 0 aliphatic rings. The first kappa shape index (κ1) is 15.4. The largest absolute Gasteiger partial charge is 0.313 e. The van der Waals surface area contributed by atoms with Gasteiger partial charge in [0.05, 0.1) is 0 Å². The van der Waals surface area contributed by atoms with Crippen LogP contribution in [0.15, 0.2) is 36.4 Å². The lowest BCUT2D eigenvalue weighted by atomic mass is 10.0. The lowest BCUT2D eigenvalue weighted by Gasteiger charge is -2.09. The van der Waals surface area contributed by atoms with Crippen LogP contribution in [0.2, 0.25) is 10.0 Å². The minimum atomic E-state index is 0.765. The van der Waals surface area contributed by atoms with Gasteiger partial charge in [-0.05, 0) is 48.7 Å². The van der Waals surface area contributed by atoms with Crippen molar-refractivity contribution in [2.75, 3.05) is 6.54 Å². The molecule has 20 heavy (non-hydrogen) atoms. The maximum absolute atomic E-state index is 6.40. The van der Waals surface area contributed by atoms with E-state index < -0.39 is 0 Å². The van der Waals surface area contributed by atoms with E-state index in [-0.39, 0.29) is 0 Å². The van der Waals surface area contributed by atoms with E-state index in [1.54, 1.807) is 0 Å². The summed E-state index contributed by atoms with van der Waals surface area (Å²) in [6.45, 7) is 6.02. The fourth-order valence-corrected chi connectivity index (χ4v) is 2.57. The van der Waals surface area contributed by atoms with Crippen LogP contribution in [0.4, 0.5) is 0 Å². The van der Waals surface area contributed by atoms with Crippen molar-refractivity contribution in [3.05, 3.63) is 57.6 Å². The summed E-state index contributed by atoms with van der Waals surface area (Å²) >= 11 is 12.6. The van der Waals surface area contributed by atoms with Crippen molar-refractivity contribution in [3.8, 4) is 11.1 Å². The quantitative estimate of drug-likeness (QED) is 0.722. The van der Waals surface area contributed by atoms with Crippen molar-refractivity contribution in [3.63, 3.8) is 0 Å². The Bertz CT molecular complexity index is 594. The molecule has 0 aromatic heterocycles. The molecule has 3 heteroatoms. The topological polar surface area (TPSA) is 12.0 Å². The molecule has 0 atom stereocenters. The second-order valence-electron chi connectivity index (χ2n) is 4.95. The number of hydrogen-bond donors (Lipinski definition) is 1. The third-order valence-electron chi connectivity index (χ3n) is 3.27. The molecule has 0 aliphatic carbocycles. The average molecular weight is 308 g/mol. The molecule has 0 unspecified atom stereocenters. The van der Waals surface area contributed by atoms with Crippen molar-refractivity contribution in [2.24, 2.45) is 0 Å². The maximum atomic E-state index is 6.40. The summed E-state index contributed by atoms with van der Waals surface area (Å²) in [6.07, 6.45) is 1.13. The smallest absolute Gasteiger partial charge is 0.0487 e. The van der Waals surface area contributed by atoms with Gasteiger partial charge in [-0.25, -0.2) is 0 Å². The number of nitrogens with one attached hydrogen (secondary N) is 1. The Balaban J connectivity index is 2.22. The predicted octanol–water partition coefficient (Wildman–Crippen LogP) is 5.47. The van der Waals surface area contributed by atoms with Crippen LogP contribution in [0.1, 0.15) is 24.5 Å². The molecule has 2 rings (SSSR count). The van der Waals surface area contributed by atoms with Gasteiger partial charge < -0.3 is 5.32 Å². The van der Waals surface area contributed by atoms with E-state index in [1.807, 2.05) is 25.1 Å². The monoisotopic (exact) mass is 307 g/mol. The van der Waals surface area contributed by atoms with Gasteiger partial charge in [-0.2, -0.15) is 0 Å². The molecule has 2 aromatic rings. The molecule has 0 fully saturated rings. The van der Waals surface area contributed by atoms with E-state index in [0.29, 0.717) is 0 Å². The van der Waals surface area contributed by atoms with E-state index in [4.69, 9.17) is 23.2 Å². The Morgan fingerprint density at radius 1 is 1.00 bits per heavy atom. The zero-order chi connectivity index (χ0) is 14.5. The normalized spacial score (nSPS) is 10.8. The number of benzene rings is 2. The zero-order valence-corrected chi connectivity index (χ0v) is 13.4. The number of halogens is 2. The van der Waals surface area contributed by atoms with Crippen LogP contribution in [0.5, 0.6) is 0 Å². The lowest BCUT2D eigenvalue weighted by molar-refractivity contribution is 0.675. The lowest BCUT2D eigenvalue weighted by Crippen LogP contribution is -2.13. The molecular formula is C17H19Cl2N. The van der Waals surface area contributed by atoms with Gasteiger partial charge in [0.25, 0.3) is 0 Å². The van der Waals surface area contributed by atoms with Gasteiger partial charge in [0.15, 0.2) is 0 Å². The second-order valence-corrected chi connectivity index (χ2v) is 5.77. The molecule has 0 spiro atoms. The Morgan fingerprint density at radius 3 is 2.45 bits per heavy atom. The molecule has 1 nitrogen and oxygen atoms in total. The van der Waals surface area contributed by atoms with Crippen LogP contribution in [0, 0.1) is 6.92 Å². The van der Waals surface area contributed by atoms with E-state index in [0.717, 1.165) is 46.2 Å². The van der Waals surface area contributed by atoms with Gasteiger partial charge in [0, 0.05) is 22.2 Å². The first-order valence-corrected chi connectivity index (χ1v) is 7.63. The molecule has 0 amide bonds. The summed E-state index contributed by atoms with van der Waals surface area (Å²) in [5, 5.41) is 4.91. The van der Waals surface area contributed by atoms with Crippen LogP contribution in [0.25, 0.3) is 11.1 Å². The predicted molar refractivity (Wildman–Crippen MR) is 88.6 cm³/mol. The van der Waals surface area contributed by atoms with Gasteiger partial charge in [0.1, 0.15) is 0 Å². The summed E-state index contributed by atoms with van der Waals surface area (Å²) in [6, 6.07) is 12.2. The van der Waals surface area contributed by atoms with E-state index in [2.05, 4.69) is 30.4 Å². The average Bonchev–Trinajstić information content (AvgIpc) is 2.43. The Hall–Kier alpha value is -1.02. The minimum Gasteiger partial charge on any atom is -0.313 e. The molecule has 0 heterocycles. The van der Waals surface area contributed by atoms with Gasteiger partial charge >= 0.3 is 0 Å². The van der Waals surface area contributed by atoms with Crippen molar-refractivity contribution < 1.29 is 0 Å². The highest BCUT2D eigenvalue weighted by molar-refractivity contribution is 6.34. The molecule has 0 aliphatic heterocycles. The molecule has 106 valence electrons. The Kier molecular flexibility index (Phi) is 5.47. The fraction of sp³-hybridized carbons (Fsp3) is 0.294. The Labute approximate surface area is 130 Å². The van der Waals surface area contributed by atoms with Crippen LogP contribution in [0.3, 0.4) is 0 Å².